The van der Waals surface area contributed by atoms with E-state index in [1.54, 1.807) is 12.1 Å². The van der Waals surface area contributed by atoms with Crippen LogP contribution in [0.3, 0.4) is 0 Å². The molecular formula is C18H27N3O4S2. The normalized spacial score (nSPS) is 24.7. The molecule has 0 aromatic carbocycles. The van der Waals surface area contributed by atoms with E-state index in [0.717, 1.165) is 19.5 Å². The molecule has 0 spiro atoms. The zero-order valence-corrected chi connectivity index (χ0v) is 17.5. The molecule has 0 bridgehead atoms. The van der Waals surface area contributed by atoms with E-state index in [1.807, 2.05) is 4.90 Å². The van der Waals surface area contributed by atoms with Gasteiger partial charge in [0.25, 0.3) is 0 Å². The lowest BCUT2D eigenvalue weighted by molar-refractivity contribution is -0.130. The van der Waals surface area contributed by atoms with E-state index in [0.29, 0.717) is 48.9 Å². The molecule has 1 aromatic heterocycles. The van der Waals surface area contributed by atoms with Crippen molar-refractivity contribution in [2.75, 3.05) is 45.1 Å². The number of hydrogen-bond donors (Lipinski definition) is 0. The zero-order chi connectivity index (χ0) is 19.4. The Morgan fingerprint density at radius 2 is 1.89 bits per heavy atom. The van der Waals surface area contributed by atoms with Crippen LogP contribution in [0.4, 0.5) is 0 Å². The Kier molecular flexibility index (Phi) is 6.78. The quantitative estimate of drug-likeness (QED) is 0.684. The Hall–Kier alpha value is -1.16. The number of rotatable bonds is 5. The van der Waals surface area contributed by atoms with Gasteiger partial charge in [0.05, 0.1) is 24.0 Å². The minimum Gasteiger partial charge on any atom is -0.379 e. The van der Waals surface area contributed by atoms with Crippen LogP contribution in [-0.4, -0.2) is 73.7 Å². The molecule has 0 N–H and O–H groups in total. The molecule has 2 aliphatic heterocycles. The van der Waals surface area contributed by atoms with Crippen molar-refractivity contribution in [1.82, 2.24) is 14.2 Å². The van der Waals surface area contributed by atoms with Gasteiger partial charge in [-0.15, -0.1) is 0 Å². The van der Waals surface area contributed by atoms with Crippen LogP contribution in [0, 0.1) is 11.8 Å². The number of aromatic nitrogens is 1. The molecule has 3 rings (SSSR count). The molecule has 3 heterocycles. The highest BCUT2D eigenvalue weighted by Crippen LogP contribution is 2.24. The standard InChI is InChI=1S/C18H27N3O4S2/c1-14-9-15(2)12-20(11-14)18(22)13-26-17-4-3-16(10-19-17)27(23,24)21-5-7-25-8-6-21/h3-4,10,14-15H,5-9,11-13H2,1-2H3/t14-,15-/m0/s1. The number of sulfonamides is 1. The number of piperidine rings is 1. The first-order valence-corrected chi connectivity index (χ1v) is 11.7. The fourth-order valence-electron chi connectivity index (χ4n) is 3.63. The highest BCUT2D eigenvalue weighted by molar-refractivity contribution is 7.99. The molecule has 0 unspecified atom stereocenters. The lowest BCUT2D eigenvalue weighted by Gasteiger charge is -2.35. The molecule has 0 saturated carbocycles. The molecule has 1 amide bonds. The summed E-state index contributed by atoms with van der Waals surface area (Å²) in [7, 11) is -3.53. The third kappa shape index (κ3) is 5.22. The molecule has 150 valence electrons. The van der Waals surface area contributed by atoms with Crippen molar-refractivity contribution in [3.05, 3.63) is 18.3 Å². The Bertz CT molecular complexity index is 738. The van der Waals surface area contributed by atoms with Gasteiger partial charge in [-0.3, -0.25) is 4.79 Å². The van der Waals surface area contributed by atoms with Gasteiger partial charge in [-0.25, -0.2) is 13.4 Å². The van der Waals surface area contributed by atoms with E-state index in [4.69, 9.17) is 4.74 Å². The second-order valence-corrected chi connectivity index (χ2v) is 10.3. The van der Waals surface area contributed by atoms with Crippen LogP contribution in [0.15, 0.2) is 28.3 Å². The van der Waals surface area contributed by atoms with Gasteiger partial charge in [-0.2, -0.15) is 4.31 Å². The van der Waals surface area contributed by atoms with E-state index in [-0.39, 0.29) is 10.8 Å². The predicted molar refractivity (Wildman–Crippen MR) is 104 cm³/mol. The zero-order valence-electron chi connectivity index (χ0n) is 15.8. The Labute approximate surface area is 165 Å². The molecule has 0 radical (unpaired) electrons. The first kappa shape index (κ1) is 20.6. The maximum atomic E-state index is 12.6. The summed E-state index contributed by atoms with van der Waals surface area (Å²) in [6.45, 7) is 7.53. The number of amides is 1. The molecule has 1 aromatic rings. The second-order valence-electron chi connectivity index (χ2n) is 7.38. The van der Waals surface area contributed by atoms with E-state index in [1.165, 1.54) is 22.3 Å². The van der Waals surface area contributed by atoms with Crippen LogP contribution in [0.1, 0.15) is 20.3 Å². The summed E-state index contributed by atoms with van der Waals surface area (Å²) >= 11 is 1.35. The maximum absolute atomic E-state index is 12.6. The highest BCUT2D eigenvalue weighted by Gasteiger charge is 2.27. The van der Waals surface area contributed by atoms with E-state index in [2.05, 4.69) is 18.8 Å². The smallest absolute Gasteiger partial charge is 0.244 e. The Morgan fingerprint density at radius 3 is 2.48 bits per heavy atom. The van der Waals surface area contributed by atoms with Crippen LogP contribution < -0.4 is 0 Å². The fraction of sp³-hybridized carbons (Fsp3) is 0.667. The molecule has 0 aliphatic carbocycles. The largest absolute Gasteiger partial charge is 0.379 e. The summed E-state index contributed by atoms with van der Waals surface area (Å²) in [5.41, 5.74) is 0. The number of hydrogen-bond acceptors (Lipinski definition) is 6. The number of thioether (sulfide) groups is 1. The van der Waals surface area contributed by atoms with Gasteiger partial charge in [-0.1, -0.05) is 25.6 Å². The summed E-state index contributed by atoms with van der Waals surface area (Å²) in [6, 6.07) is 3.24. The third-order valence-electron chi connectivity index (χ3n) is 4.88. The van der Waals surface area contributed by atoms with Crippen LogP contribution in [0.2, 0.25) is 0 Å². The van der Waals surface area contributed by atoms with Gasteiger partial charge in [0.15, 0.2) is 0 Å². The number of ether oxygens (including phenoxy) is 1. The highest BCUT2D eigenvalue weighted by atomic mass is 32.2. The lowest BCUT2D eigenvalue weighted by atomic mass is 9.92. The molecule has 7 nitrogen and oxygen atoms in total. The van der Waals surface area contributed by atoms with Crippen LogP contribution in [-0.2, 0) is 19.6 Å². The first-order chi connectivity index (χ1) is 12.9. The van der Waals surface area contributed by atoms with Crippen molar-refractivity contribution in [3.63, 3.8) is 0 Å². The molecule has 2 atom stereocenters. The SMILES string of the molecule is C[C@H]1C[C@H](C)CN(C(=O)CSc2ccc(S(=O)(=O)N3CCOCC3)cn2)C1. The average molecular weight is 414 g/mol. The molecule has 9 heteroatoms. The Morgan fingerprint density at radius 1 is 1.22 bits per heavy atom. The maximum Gasteiger partial charge on any atom is 0.244 e. The fourth-order valence-corrected chi connectivity index (χ4v) is 5.73. The van der Waals surface area contributed by atoms with Gasteiger partial charge < -0.3 is 9.64 Å². The summed E-state index contributed by atoms with van der Waals surface area (Å²) in [5, 5.41) is 0.655. The first-order valence-electron chi connectivity index (χ1n) is 9.31. The topological polar surface area (TPSA) is 79.8 Å². The molecule has 2 fully saturated rings. The van der Waals surface area contributed by atoms with Crippen molar-refractivity contribution in [2.24, 2.45) is 11.8 Å². The van der Waals surface area contributed by atoms with Crippen LogP contribution in [0.5, 0.6) is 0 Å². The Balaban J connectivity index is 1.57. The number of carbonyl (C=O) groups excluding carboxylic acids is 1. The average Bonchev–Trinajstić information content (AvgIpc) is 2.66. The van der Waals surface area contributed by atoms with Gasteiger partial charge in [0.1, 0.15) is 4.90 Å². The van der Waals surface area contributed by atoms with E-state index < -0.39 is 10.0 Å². The van der Waals surface area contributed by atoms with Crippen molar-refractivity contribution >= 4 is 27.7 Å². The van der Waals surface area contributed by atoms with E-state index in [9.17, 15) is 13.2 Å². The summed E-state index contributed by atoms with van der Waals surface area (Å²) < 4.78 is 31.8. The van der Waals surface area contributed by atoms with Crippen LogP contribution >= 0.6 is 11.8 Å². The number of likely N-dealkylation sites (tertiary alicyclic amines) is 1. The molecule has 2 saturated heterocycles. The van der Waals surface area contributed by atoms with Crippen LogP contribution in [0.25, 0.3) is 0 Å². The number of pyridine rings is 1. The number of nitrogens with zero attached hydrogens (tertiary/aromatic N) is 3. The molecule has 27 heavy (non-hydrogen) atoms. The molecule has 2 aliphatic rings. The molecular weight excluding hydrogens is 386 g/mol. The van der Waals surface area contributed by atoms with Gasteiger partial charge in [-0.05, 0) is 30.4 Å². The number of morpholine rings is 1. The van der Waals surface area contributed by atoms with Gasteiger partial charge in [0, 0.05) is 32.4 Å². The summed E-state index contributed by atoms with van der Waals surface area (Å²) in [6.07, 6.45) is 2.54. The van der Waals surface area contributed by atoms with Crippen molar-refractivity contribution in [1.29, 1.82) is 0 Å². The van der Waals surface area contributed by atoms with Crippen molar-refractivity contribution < 1.29 is 17.9 Å². The predicted octanol–water partition coefficient (Wildman–Crippen LogP) is 1.70. The van der Waals surface area contributed by atoms with E-state index >= 15 is 0 Å². The van der Waals surface area contributed by atoms with Crippen molar-refractivity contribution in [2.45, 2.75) is 30.2 Å². The third-order valence-corrected chi connectivity index (χ3v) is 7.69. The minimum atomic E-state index is -3.53. The number of carbonyl (C=O) groups is 1. The van der Waals surface area contributed by atoms with Crippen molar-refractivity contribution in [3.8, 4) is 0 Å². The minimum absolute atomic E-state index is 0.116. The monoisotopic (exact) mass is 413 g/mol. The van der Waals surface area contributed by atoms with Gasteiger partial charge >= 0.3 is 0 Å². The summed E-state index contributed by atoms with van der Waals surface area (Å²) in [4.78, 5) is 18.8. The second kappa shape index (κ2) is 8.89. The lowest BCUT2D eigenvalue weighted by Crippen LogP contribution is -2.43. The van der Waals surface area contributed by atoms with Gasteiger partial charge in [0.2, 0.25) is 15.9 Å². The summed E-state index contributed by atoms with van der Waals surface area (Å²) in [5.74, 6) is 1.50.